The van der Waals surface area contributed by atoms with Gasteiger partial charge in [-0.2, -0.15) is 0 Å². The van der Waals surface area contributed by atoms with Crippen molar-refractivity contribution in [2.24, 2.45) is 0 Å². The summed E-state index contributed by atoms with van der Waals surface area (Å²) in [5.74, 6) is 0. The molecular weight excluding hydrogens is 396 g/mol. The van der Waals surface area contributed by atoms with Crippen LogP contribution in [0.4, 0.5) is 0 Å². The Morgan fingerprint density at radius 2 is 0.844 bits per heavy atom. The fraction of sp³-hybridized carbons (Fsp3) is 1.00. The molecule has 2 aliphatic rings. The molecule has 0 unspecified atom stereocenters. The van der Waals surface area contributed by atoms with E-state index in [0.29, 0.717) is 0 Å². The highest BCUT2D eigenvalue weighted by Gasteiger charge is 2.08. The normalized spacial score (nSPS) is 18.4. The number of nitrogens with one attached hydrogen (secondary N) is 4. The van der Waals surface area contributed by atoms with Crippen molar-refractivity contribution in [3.63, 3.8) is 0 Å². The summed E-state index contributed by atoms with van der Waals surface area (Å²) in [7, 11) is 0. The maximum atomic E-state index is 3.63. The third-order valence-electron chi connectivity index (χ3n) is 6.94. The Morgan fingerprint density at radius 3 is 1.22 bits per heavy atom. The van der Waals surface area contributed by atoms with E-state index in [4.69, 9.17) is 0 Å². The zero-order valence-corrected chi connectivity index (χ0v) is 21.3. The van der Waals surface area contributed by atoms with E-state index in [1.165, 1.54) is 155 Å². The predicted octanol–water partition coefficient (Wildman–Crippen LogP) is 3.35. The van der Waals surface area contributed by atoms with Gasteiger partial charge in [0, 0.05) is 39.5 Å². The molecule has 0 aliphatic carbocycles. The molecule has 0 spiro atoms. The molecule has 2 heterocycles. The fourth-order valence-electron chi connectivity index (χ4n) is 4.89. The minimum atomic E-state index is 1.09. The molecule has 0 atom stereocenters. The SMILES string of the molecule is C(CCCCCCNCCCN1CCCNC1)CCCCCNCCCN1CCCNC1. The van der Waals surface area contributed by atoms with Crippen LogP contribution in [0, 0.1) is 0 Å². The summed E-state index contributed by atoms with van der Waals surface area (Å²) in [5, 5.41) is 14.2. The van der Waals surface area contributed by atoms with Crippen LogP contribution in [0.15, 0.2) is 0 Å². The lowest BCUT2D eigenvalue weighted by Gasteiger charge is -2.27. The van der Waals surface area contributed by atoms with E-state index in [0.717, 1.165) is 13.3 Å². The van der Waals surface area contributed by atoms with Gasteiger partial charge in [0.05, 0.1) is 0 Å². The smallest absolute Gasteiger partial charge is 0.0480 e. The van der Waals surface area contributed by atoms with Gasteiger partial charge in [-0.05, 0) is 77.8 Å². The summed E-state index contributed by atoms with van der Waals surface area (Å²) in [4.78, 5) is 5.08. The summed E-state index contributed by atoms with van der Waals surface area (Å²) < 4.78 is 0. The number of unbranched alkanes of at least 4 members (excludes halogenated alkanes) is 9. The highest BCUT2D eigenvalue weighted by molar-refractivity contribution is 4.65. The average molecular weight is 453 g/mol. The van der Waals surface area contributed by atoms with Gasteiger partial charge < -0.3 is 21.3 Å². The summed E-state index contributed by atoms with van der Waals surface area (Å²) in [6, 6.07) is 0. The first-order valence-corrected chi connectivity index (χ1v) is 14.2. The molecule has 0 aromatic rings. The molecule has 32 heavy (non-hydrogen) atoms. The quantitative estimate of drug-likeness (QED) is 0.200. The molecule has 4 N–H and O–H groups in total. The summed E-state index contributed by atoms with van der Waals surface area (Å²) in [6.45, 7) is 14.4. The van der Waals surface area contributed by atoms with Crippen molar-refractivity contribution >= 4 is 0 Å². The maximum Gasteiger partial charge on any atom is 0.0480 e. The minimum absolute atomic E-state index is 1.09. The Morgan fingerprint density at radius 1 is 0.469 bits per heavy atom. The maximum absolute atomic E-state index is 3.63. The second-order valence-corrected chi connectivity index (χ2v) is 10.0. The molecule has 2 rings (SSSR count). The van der Waals surface area contributed by atoms with Gasteiger partial charge in [0.15, 0.2) is 0 Å². The van der Waals surface area contributed by atoms with Crippen molar-refractivity contribution in [1.82, 2.24) is 31.1 Å². The van der Waals surface area contributed by atoms with E-state index in [9.17, 15) is 0 Å². The molecule has 6 heteroatoms. The second-order valence-electron chi connectivity index (χ2n) is 10.0. The largest absolute Gasteiger partial charge is 0.317 e. The lowest BCUT2D eigenvalue weighted by atomic mass is 10.1. The van der Waals surface area contributed by atoms with Crippen LogP contribution in [-0.2, 0) is 0 Å². The van der Waals surface area contributed by atoms with Gasteiger partial charge in [-0.1, -0.05) is 51.4 Å². The summed E-state index contributed by atoms with van der Waals surface area (Å²) in [6.07, 6.45) is 19.3. The zero-order chi connectivity index (χ0) is 22.4. The standard InChI is InChI=1S/C26H56N6/c1(3-5-7-9-15-27-17-11-21-31-23-13-19-29-25-31)2-4-6-8-10-16-28-18-12-22-32-24-14-20-30-26-32/h27-30H,1-26H2. The first kappa shape index (κ1) is 28.0. The molecule has 0 aromatic heterocycles. The van der Waals surface area contributed by atoms with Gasteiger partial charge in [-0.15, -0.1) is 0 Å². The molecule has 6 nitrogen and oxygen atoms in total. The Bertz CT molecular complexity index is 347. The van der Waals surface area contributed by atoms with Crippen molar-refractivity contribution in [1.29, 1.82) is 0 Å². The lowest BCUT2D eigenvalue weighted by molar-refractivity contribution is 0.213. The number of rotatable bonds is 21. The lowest BCUT2D eigenvalue weighted by Crippen LogP contribution is -2.42. The molecule has 0 radical (unpaired) electrons. The molecule has 2 saturated heterocycles. The summed E-state index contributed by atoms with van der Waals surface area (Å²) in [5.41, 5.74) is 0. The molecule has 190 valence electrons. The Labute approximate surface area is 200 Å². The topological polar surface area (TPSA) is 54.6 Å². The van der Waals surface area contributed by atoms with E-state index in [2.05, 4.69) is 31.1 Å². The van der Waals surface area contributed by atoms with Crippen LogP contribution in [-0.4, -0.2) is 88.6 Å². The average Bonchev–Trinajstić information content (AvgIpc) is 2.84. The van der Waals surface area contributed by atoms with Crippen molar-refractivity contribution in [2.75, 3.05) is 78.8 Å². The molecule has 0 aromatic carbocycles. The Hall–Kier alpha value is -0.240. The van der Waals surface area contributed by atoms with E-state index in [-0.39, 0.29) is 0 Å². The first-order valence-electron chi connectivity index (χ1n) is 14.2. The molecule has 0 saturated carbocycles. The molecule has 0 amide bonds. The molecule has 0 bridgehead atoms. The first-order chi connectivity index (χ1) is 15.9. The fourth-order valence-corrected chi connectivity index (χ4v) is 4.89. The number of hydrogen-bond donors (Lipinski definition) is 4. The highest BCUT2D eigenvalue weighted by atomic mass is 15.2. The third kappa shape index (κ3) is 16.4. The van der Waals surface area contributed by atoms with Crippen molar-refractivity contribution < 1.29 is 0 Å². The monoisotopic (exact) mass is 452 g/mol. The van der Waals surface area contributed by atoms with Crippen molar-refractivity contribution in [2.45, 2.75) is 89.9 Å². The second kappa shape index (κ2) is 21.3. The predicted molar refractivity (Wildman–Crippen MR) is 139 cm³/mol. The van der Waals surface area contributed by atoms with Crippen LogP contribution in [0.5, 0.6) is 0 Å². The molecular formula is C26H56N6. The highest BCUT2D eigenvalue weighted by Crippen LogP contribution is 2.10. The molecule has 2 aliphatic heterocycles. The van der Waals surface area contributed by atoms with E-state index < -0.39 is 0 Å². The van der Waals surface area contributed by atoms with Gasteiger partial charge >= 0.3 is 0 Å². The van der Waals surface area contributed by atoms with Gasteiger partial charge in [-0.3, -0.25) is 9.80 Å². The van der Waals surface area contributed by atoms with Crippen LogP contribution < -0.4 is 21.3 Å². The van der Waals surface area contributed by atoms with Gasteiger partial charge in [0.2, 0.25) is 0 Å². The third-order valence-corrected chi connectivity index (χ3v) is 6.94. The summed E-state index contributed by atoms with van der Waals surface area (Å²) >= 11 is 0. The van der Waals surface area contributed by atoms with E-state index in [1.54, 1.807) is 0 Å². The Balaban J connectivity index is 1.17. The van der Waals surface area contributed by atoms with Crippen LogP contribution >= 0.6 is 0 Å². The molecule has 2 fully saturated rings. The number of hydrogen-bond acceptors (Lipinski definition) is 6. The van der Waals surface area contributed by atoms with Crippen LogP contribution in [0.3, 0.4) is 0 Å². The Kier molecular flexibility index (Phi) is 18.6. The van der Waals surface area contributed by atoms with Gasteiger partial charge in [-0.25, -0.2) is 0 Å². The van der Waals surface area contributed by atoms with Gasteiger partial charge in [0.1, 0.15) is 0 Å². The van der Waals surface area contributed by atoms with Crippen molar-refractivity contribution in [3.8, 4) is 0 Å². The minimum Gasteiger partial charge on any atom is -0.317 e. The van der Waals surface area contributed by atoms with Crippen molar-refractivity contribution in [3.05, 3.63) is 0 Å². The number of nitrogens with zero attached hydrogens (tertiary/aromatic N) is 2. The van der Waals surface area contributed by atoms with Crippen LogP contribution in [0.2, 0.25) is 0 Å². The van der Waals surface area contributed by atoms with Gasteiger partial charge in [0.25, 0.3) is 0 Å². The van der Waals surface area contributed by atoms with E-state index >= 15 is 0 Å². The van der Waals surface area contributed by atoms with E-state index in [1.807, 2.05) is 0 Å². The van der Waals surface area contributed by atoms with Crippen LogP contribution in [0.25, 0.3) is 0 Å². The zero-order valence-electron chi connectivity index (χ0n) is 21.3. The van der Waals surface area contributed by atoms with Crippen LogP contribution in [0.1, 0.15) is 89.9 Å².